The predicted octanol–water partition coefficient (Wildman–Crippen LogP) is 6.84. The van der Waals surface area contributed by atoms with E-state index in [4.69, 9.17) is 0 Å². The number of amides is 2. The summed E-state index contributed by atoms with van der Waals surface area (Å²) >= 11 is 3.53. The van der Waals surface area contributed by atoms with E-state index in [2.05, 4.69) is 36.5 Å². The fourth-order valence-electron chi connectivity index (χ4n) is 6.95. The zero-order valence-corrected chi connectivity index (χ0v) is 30.2. The highest BCUT2D eigenvalue weighted by atomic mass is 79.9. The van der Waals surface area contributed by atoms with Crippen LogP contribution in [0.1, 0.15) is 47.2 Å². The van der Waals surface area contributed by atoms with E-state index in [0.717, 1.165) is 32.1 Å². The van der Waals surface area contributed by atoms with Crippen molar-refractivity contribution in [2.75, 3.05) is 16.8 Å². The van der Waals surface area contributed by atoms with Crippen molar-refractivity contribution in [2.45, 2.75) is 44.4 Å². The summed E-state index contributed by atoms with van der Waals surface area (Å²) in [7, 11) is 0. The van der Waals surface area contributed by atoms with Crippen molar-refractivity contribution in [3.63, 3.8) is 0 Å². The van der Waals surface area contributed by atoms with E-state index in [1.165, 1.54) is 0 Å². The third kappa shape index (κ3) is 7.07. The summed E-state index contributed by atoms with van der Waals surface area (Å²) in [6.07, 6.45) is 8.34. The minimum absolute atomic E-state index is 0.0736. The number of anilines is 2. The molecular weight excluding hydrogens is 720 g/mol. The minimum atomic E-state index is -1.79. The van der Waals surface area contributed by atoms with Crippen LogP contribution in [0.3, 0.4) is 0 Å². The number of nitrogens with zero attached hydrogens (tertiary/aromatic N) is 4. The molecule has 1 aliphatic rings. The van der Waals surface area contributed by atoms with Gasteiger partial charge < -0.3 is 25.4 Å². The number of carbonyl (C=O) groups excluding carboxylic acids is 2. The second-order valence-corrected chi connectivity index (χ2v) is 14.1. The Morgan fingerprint density at radius 1 is 1.04 bits per heavy atom. The van der Waals surface area contributed by atoms with Gasteiger partial charge in [-0.2, -0.15) is 0 Å². The molecule has 7 rings (SSSR count). The van der Waals surface area contributed by atoms with Crippen LogP contribution in [0.4, 0.5) is 11.4 Å². The molecule has 1 unspecified atom stereocenters. The molecule has 0 saturated heterocycles. The van der Waals surface area contributed by atoms with Crippen molar-refractivity contribution >= 4 is 50.0 Å². The summed E-state index contributed by atoms with van der Waals surface area (Å²) in [6.45, 7) is 2.52. The topological polar surface area (TPSA) is 136 Å². The zero-order valence-electron chi connectivity index (χ0n) is 28.6. The number of rotatable bonds is 13. The maximum Gasteiger partial charge on any atom is 0.264 e. The van der Waals surface area contributed by atoms with Crippen molar-refractivity contribution in [1.29, 1.82) is 0 Å². The van der Waals surface area contributed by atoms with Gasteiger partial charge in [-0.3, -0.25) is 14.3 Å². The molecule has 0 radical (unpaired) electrons. The lowest BCUT2D eigenvalue weighted by molar-refractivity contribution is -0.139. The van der Waals surface area contributed by atoms with Crippen LogP contribution in [-0.4, -0.2) is 48.6 Å². The van der Waals surface area contributed by atoms with Gasteiger partial charge in [-0.25, -0.2) is 0 Å². The van der Waals surface area contributed by atoms with Crippen LogP contribution in [0.15, 0.2) is 126 Å². The second-order valence-electron chi connectivity index (χ2n) is 13.2. The summed E-state index contributed by atoms with van der Waals surface area (Å²) in [5, 5.41) is 34.7. The largest absolute Gasteiger partial charge is 0.395 e. The highest BCUT2D eigenvalue weighted by molar-refractivity contribution is 9.10. The van der Waals surface area contributed by atoms with Crippen LogP contribution >= 0.6 is 15.9 Å². The van der Waals surface area contributed by atoms with Gasteiger partial charge in [0.1, 0.15) is 0 Å². The van der Waals surface area contributed by atoms with Crippen LogP contribution in [0.5, 0.6) is 0 Å². The van der Waals surface area contributed by atoms with Gasteiger partial charge in [-0.15, -0.1) is 5.10 Å². The molecule has 0 fully saturated rings. The molecule has 2 aromatic heterocycles. The van der Waals surface area contributed by atoms with Crippen LogP contribution in [0.2, 0.25) is 0 Å². The number of aromatic nitrogens is 4. The smallest absolute Gasteiger partial charge is 0.264 e. The van der Waals surface area contributed by atoms with Crippen molar-refractivity contribution in [2.24, 2.45) is 5.92 Å². The normalized spacial score (nSPS) is 16.8. The average molecular weight is 760 g/mol. The molecule has 4 N–H and O–H groups in total. The third-order valence-corrected chi connectivity index (χ3v) is 10.2. The zero-order chi connectivity index (χ0) is 36.2. The molecule has 11 heteroatoms. The van der Waals surface area contributed by atoms with E-state index in [9.17, 15) is 19.8 Å². The molecule has 0 bridgehead atoms. The Kier molecular flexibility index (Phi) is 10.2. The SMILES string of the molecule is C[C@H](/C=C/CCn1cc(C(CO)c2ccccc2)nn1)[C@@]1(O)C(=O)N(Cc2cccc(NC(=O)Cc3c[nH]c4ccccc34)c2)c2ccc(Br)cc21. The fourth-order valence-corrected chi connectivity index (χ4v) is 7.31. The van der Waals surface area contributed by atoms with Gasteiger partial charge in [-0.05, 0) is 59.5 Å². The number of hydrogen-bond acceptors (Lipinski definition) is 6. The molecule has 0 spiro atoms. The van der Waals surface area contributed by atoms with E-state index in [-0.39, 0.29) is 31.4 Å². The quantitative estimate of drug-likeness (QED) is 0.0953. The van der Waals surface area contributed by atoms with Crippen LogP contribution < -0.4 is 10.2 Å². The fraction of sp³-hybridized carbons (Fsp3) is 0.220. The number of aliphatic hydroxyl groups excluding tert-OH is 1. The molecule has 0 aliphatic carbocycles. The molecule has 10 nitrogen and oxygen atoms in total. The van der Waals surface area contributed by atoms with E-state index >= 15 is 0 Å². The molecule has 3 heterocycles. The molecule has 264 valence electrons. The van der Waals surface area contributed by atoms with Crippen molar-refractivity contribution in [3.8, 4) is 0 Å². The Morgan fingerprint density at radius 2 is 1.85 bits per heavy atom. The number of aromatic amines is 1. The Labute approximate surface area is 309 Å². The van der Waals surface area contributed by atoms with Crippen molar-refractivity contribution in [1.82, 2.24) is 20.0 Å². The van der Waals surface area contributed by atoms with Crippen molar-refractivity contribution < 1.29 is 19.8 Å². The van der Waals surface area contributed by atoms with Gasteiger partial charge in [0.05, 0.1) is 36.9 Å². The number of aliphatic hydroxyl groups is 2. The number of carbonyl (C=O) groups is 2. The summed E-state index contributed by atoms with van der Waals surface area (Å²) < 4.78 is 2.49. The number of halogens is 1. The van der Waals surface area contributed by atoms with Crippen LogP contribution in [0.25, 0.3) is 10.9 Å². The minimum Gasteiger partial charge on any atom is -0.395 e. The Morgan fingerprint density at radius 3 is 2.67 bits per heavy atom. The number of aryl methyl sites for hydroxylation is 1. The van der Waals surface area contributed by atoms with E-state index in [0.29, 0.717) is 35.6 Å². The molecule has 2 amide bonds. The van der Waals surface area contributed by atoms with Gasteiger partial charge >= 0.3 is 0 Å². The Balaban J connectivity index is 1.02. The van der Waals surface area contributed by atoms with Crippen LogP contribution in [-0.2, 0) is 34.7 Å². The number of hydrogen-bond donors (Lipinski definition) is 4. The van der Waals surface area contributed by atoms with Gasteiger partial charge in [0.25, 0.3) is 5.91 Å². The molecule has 1 aliphatic heterocycles. The number of nitrogens with one attached hydrogen (secondary N) is 2. The maximum absolute atomic E-state index is 14.2. The van der Waals surface area contributed by atoms with E-state index in [1.54, 1.807) is 15.6 Å². The molecule has 6 aromatic rings. The third-order valence-electron chi connectivity index (χ3n) is 9.72. The summed E-state index contributed by atoms with van der Waals surface area (Å²) in [4.78, 5) is 32.0. The Hall–Kier alpha value is -5.36. The number of para-hydroxylation sites is 1. The number of benzene rings is 4. The first-order valence-corrected chi connectivity index (χ1v) is 18.0. The van der Waals surface area contributed by atoms with Gasteiger partial charge in [-0.1, -0.05) is 101 Å². The summed E-state index contributed by atoms with van der Waals surface area (Å²) in [5.41, 5.74) is 4.38. The predicted molar refractivity (Wildman–Crippen MR) is 205 cm³/mol. The molecule has 4 aromatic carbocycles. The lowest BCUT2D eigenvalue weighted by Crippen LogP contribution is -2.44. The van der Waals surface area contributed by atoms with Gasteiger partial charge in [0.2, 0.25) is 5.91 Å². The first-order chi connectivity index (χ1) is 25.2. The standard InChI is InChI=1S/C41H39BrN6O4/c1-27(10-7-8-19-47-25-37(45-46-47)34(26-49)29-12-3-2-4-13-29)41(52)35-22-31(42)17-18-38(35)48(40(41)51)24-28-11-9-14-32(20-28)44-39(50)21-30-23-43-36-16-6-5-15-33(30)36/h2-7,9-18,20,22-23,25,27,34,43,49,52H,8,19,21,24,26H2,1H3,(H,44,50)/b10-7+/t27-,34?,41+/m1/s1. The maximum atomic E-state index is 14.2. The molecule has 0 saturated carbocycles. The lowest BCUT2D eigenvalue weighted by atomic mass is 9.83. The highest BCUT2D eigenvalue weighted by Gasteiger charge is 2.52. The van der Waals surface area contributed by atoms with Crippen LogP contribution in [0, 0.1) is 5.92 Å². The van der Waals surface area contributed by atoms with Crippen molar-refractivity contribution in [3.05, 3.63) is 154 Å². The number of fused-ring (bicyclic) bond motifs is 2. The number of allylic oxidation sites excluding steroid dienone is 1. The number of H-pyrrole nitrogens is 1. The summed E-state index contributed by atoms with van der Waals surface area (Å²) in [5.74, 6) is -1.36. The lowest BCUT2D eigenvalue weighted by Gasteiger charge is -2.28. The van der Waals surface area contributed by atoms with Gasteiger partial charge in [0, 0.05) is 51.5 Å². The van der Waals surface area contributed by atoms with E-state index in [1.807, 2.05) is 122 Å². The monoisotopic (exact) mass is 758 g/mol. The second kappa shape index (κ2) is 15.1. The highest BCUT2D eigenvalue weighted by Crippen LogP contribution is 2.47. The van der Waals surface area contributed by atoms with E-state index < -0.39 is 17.4 Å². The molecule has 3 atom stereocenters. The Bertz CT molecular complexity index is 2250. The molecule has 52 heavy (non-hydrogen) atoms. The average Bonchev–Trinajstić information content (AvgIpc) is 3.84. The summed E-state index contributed by atoms with van der Waals surface area (Å²) in [6, 6.07) is 30.5. The first kappa shape index (κ1) is 35.1. The first-order valence-electron chi connectivity index (χ1n) is 17.2. The van der Waals surface area contributed by atoms with Gasteiger partial charge in [0.15, 0.2) is 5.60 Å². The molecular formula is C41H39BrN6O4.